The zero-order chi connectivity index (χ0) is 19.1. The summed E-state index contributed by atoms with van der Waals surface area (Å²) in [7, 11) is 0. The Morgan fingerprint density at radius 3 is 2.27 bits per heavy atom. The highest BCUT2D eigenvalue weighted by Crippen LogP contribution is 2.38. The predicted molar refractivity (Wildman–Crippen MR) is 108 cm³/mol. The summed E-state index contributed by atoms with van der Waals surface area (Å²) < 4.78 is 5.48. The Hall–Kier alpha value is -1.75. The Labute approximate surface area is 161 Å². The summed E-state index contributed by atoms with van der Waals surface area (Å²) in [6.45, 7) is 9.25. The Balaban J connectivity index is 2.27. The van der Waals surface area contributed by atoms with Crippen molar-refractivity contribution in [1.82, 2.24) is 4.90 Å². The maximum absolute atomic E-state index is 13.0. The molecule has 0 unspecified atom stereocenters. The van der Waals surface area contributed by atoms with Crippen molar-refractivity contribution in [3.63, 3.8) is 0 Å². The van der Waals surface area contributed by atoms with Crippen molar-refractivity contribution in [2.75, 3.05) is 13.2 Å². The first kappa shape index (κ1) is 20.6. The van der Waals surface area contributed by atoms with E-state index in [0.29, 0.717) is 23.6 Å². The number of rotatable bonds is 10. The van der Waals surface area contributed by atoms with E-state index in [4.69, 9.17) is 4.74 Å². The third-order valence-electron chi connectivity index (χ3n) is 4.17. The molecule has 0 fully saturated rings. The molecule has 2 rings (SSSR count). The van der Waals surface area contributed by atoms with E-state index in [2.05, 4.69) is 6.92 Å². The second-order valence-electron chi connectivity index (χ2n) is 6.65. The molecular weight excluding hydrogens is 346 g/mol. The first-order chi connectivity index (χ1) is 12.5. The number of imide groups is 1. The van der Waals surface area contributed by atoms with Crippen LogP contribution in [0.2, 0.25) is 0 Å². The lowest BCUT2D eigenvalue weighted by molar-refractivity contribution is -0.136. The molecular formula is C21H29NO3S. The van der Waals surface area contributed by atoms with Crippen molar-refractivity contribution >= 4 is 29.1 Å². The highest BCUT2D eigenvalue weighted by atomic mass is 32.2. The first-order valence-electron chi connectivity index (χ1n) is 9.49. The molecule has 0 aromatic heterocycles. The fourth-order valence-electron chi connectivity index (χ4n) is 2.94. The van der Waals surface area contributed by atoms with Gasteiger partial charge in [-0.2, -0.15) is 0 Å². The molecule has 0 saturated carbocycles. The fraction of sp³-hybridized carbons (Fsp3) is 0.524. The highest BCUT2D eigenvalue weighted by molar-refractivity contribution is 8.04. The van der Waals surface area contributed by atoms with Crippen LogP contribution in [0.15, 0.2) is 29.2 Å². The van der Waals surface area contributed by atoms with Crippen LogP contribution in [0.5, 0.6) is 5.75 Å². The van der Waals surface area contributed by atoms with Gasteiger partial charge in [-0.15, -0.1) is 11.8 Å². The van der Waals surface area contributed by atoms with E-state index in [9.17, 15) is 9.59 Å². The van der Waals surface area contributed by atoms with E-state index in [-0.39, 0.29) is 17.1 Å². The van der Waals surface area contributed by atoms with Crippen LogP contribution in [0.1, 0.15) is 58.9 Å². The largest absolute Gasteiger partial charge is 0.494 e. The number of carbonyl (C=O) groups excluding carboxylic acids is 2. The van der Waals surface area contributed by atoms with Gasteiger partial charge in [-0.25, -0.2) is 0 Å². The molecule has 1 aliphatic rings. The molecule has 1 heterocycles. The van der Waals surface area contributed by atoms with E-state index < -0.39 is 0 Å². The van der Waals surface area contributed by atoms with Crippen LogP contribution in [0.3, 0.4) is 0 Å². The fourth-order valence-corrected chi connectivity index (χ4v) is 3.94. The molecule has 0 spiro atoms. The van der Waals surface area contributed by atoms with E-state index in [1.165, 1.54) is 16.7 Å². The minimum absolute atomic E-state index is 0.144. The number of hydrogen-bond acceptors (Lipinski definition) is 4. The Morgan fingerprint density at radius 2 is 1.69 bits per heavy atom. The molecule has 0 aliphatic carbocycles. The Morgan fingerprint density at radius 1 is 1.00 bits per heavy atom. The van der Waals surface area contributed by atoms with Crippen molar-refractivity contribution in [2.24, 2.45) is 0 Å². The average Bonchev–Trinajstić information content (AvgIpc) is 2.83. The molecule has 1 aromatic rings. The van der Waals surface area contributed by atoms with E-state index in [0.717, 1.165) is 37.0 Å². The molecule has 0 saturated heterocycles. The lowest BCUT2D eigenvalue weighted by atomic mass is 10.1. The van der Waals surface area contributed by atoms with Gasteiger partial charge < -0.3 is 4.74 Å². The molecule has 142 valence electrons. The van der Waals surface area contributed by atoms with Crippen LogP contribution < -0.4 is 4.74 Å². The van der Waals surface area contributed by atoms with Gasteiger partial charge in [0, 0.05) is 11.8 Å². The topological polar surface area (TPSA) is 46.6 Å². The maximum Gasteiger partial charge on any atom is 0.267 e. The van der Waals surface area contributed by atoms with Crippen molar-refractivity contribution < 1.29 is 14.3 Å². The molecule has 1 aliphatic heterocycles. The number of ether oxygens (including phenoxy) is 1. The van der Waals surface area contributed by atoms with Gasteiger partial charge in [-0.1, -0.05) is 52.2 Å². The minimum Gasteiger partial charge on any atom is -0.494 e. The lowest BCUT2D eigenvalue weighted by Crippen LogP contribution is -2.32. The molecule has 4 nitrogen and oxygen atoms in total. The monoisotopic (exact) mass is 375 g/mol. The van der Waals surface area contributed by atoms with Gasteiger partial charge in [0.05, 0.1) is 17.1 Å². The molecule has 0 atom stereocenters. The number of benzene rings is 1. The van der Waals surface area contributed by atoms with Gasteiger partial charge in [0.1, 0.15) is 5.75 Å². The first-order valence-corrected chi connectivity index (χ1v) is 10.4. The summed E-state index contributed by atoms with van der Waals surface area (Å²) >= 11 is 1.48. The van der Waals surface area contributed by atoms with Crippen molar-refractivity contribution in [3.05, 3.63) is 34.7 Å². The number of hydrogen-bond donors (Lipinski definition) is 0. The molecule has 5 heteroatoms. The predicted octanol–water partition coefficient (Wildman–Crippen LogP) is 4.89. The van der Waals surface area contributed by atoms with Crippen molar-refractivity contribution in [1.29, 1.82) is 0 Å². The normalized spacial score (nSPS) is 14.7. The third-order valence-corrected chi connectivity index (χ3v) is 5.25. The lowest BCUT2D eigenvalue weighted by Gasteiger charge is -2.15. The number of unbranched alkanes of at least 4 members (excludes halogenated alkanes) is 3. The van der Waals surface area contributed by atoms with Crippen LogP contribution in [0.4, 0.5) is 0 Å². The number of carbonyl (C=O) groups is 2. The zero-order valence-electron chi connectivity index (χ0n) is 16.2. The van der Waals surface area contributed by atoms with E-state index in [1.54, 1.807) is 0 Å². The number of nitrogens with zero attached hydrogens (tertiary/aromatic N) is 1. The van der Waals surface area contributed by atoms with Crippen molar-refractivity contribution in [2.45, 2.75) is 58.6 Å². The highest BCUT2D eigenvalue weighted by Gasteiger charge is 2.39. The van der Waals surface area contributed by atoms with Gasteiger partial charge >= 0.3 is 0 Å². The molecule has 0 N–H and O–H groups in total. The van der Waals surface area contributed by atoms with Crippen LogP contribution in [0, 0.1) is 0 Å². The summed E-state index contributed by atoms with van der Waals surface area (Å²) in [5, 5.41) is 0.236. The zero-order valence-corrected chi connectivity index (χ0v) is 17.0. The van der Waals surface area contributed by atoms with Gasteiger partial charge in [0.15, 0.2) is 0 Å². The smallest absolute Gasteiger partial charge is 0.267 e. The summed E-state index contributed by atoms with van der Waals surface area (Å²) in [6.07, 6.45) is 4.16. The van der Waals surface area contributed by atoms with Gasteiger partial charge in [0.25, 0.3) is 11.8 Å². The summed E-state index contributed by atoms with van der Waals surface area (Å²) in [5.41, 5.74) is 1.32. The van der Waals surface area contributed by atoms with E-state index in [1.807, 2.05) is 45.0 Å². The van der Waals surface area contributed by atoms with E-state index >= 15 is 0 Å². The number of thioether (sulfide) groups is 1. The van der Waals surface area contributed by atoms with Gasteiger partial charge in [-0.05, 0) is 31.0 Å². The van der Waals surface area contributed by atoms with Crippen LogP contribution in [0.25, 0.3) is 5.57 Å². The molecule has 1 aromatic carbocycles. The minimum atomic E-state index is -0.168. The molecule has 0 radical (unpaired) electrons. The molecule has 0 bridgehead atoms. The van der Waals surface area contributed by atoms with Gasteiger partial charge in [0.2, 0.25) is 0 Å². The number of amides is 2. The van der Waals surface area contributed by atoms with Crippen molar-refractivity contribution in [3.8, 4) is 5.75 Å². The van der Waals surface area contributed by atoms with Gasteiger partial charge in [-0.3, -0.25) is 14.5 Å². The van der Waals surface area contributed by atoms with Crippen LogP contribution in [-0.2, 0) is 9.59 Å². The summed E-state index contributed by atoms with van der Waals surface area (Å²) in [6, 6.07) is 7.44. The second kappa shape index (κ2) is 9.81. The Bertz CT molecular complexity index is 664. The quantitative estimate of drug-likeness (QED) is 0.432. The SMILES string of the molecule is CCCCCCN1C(=O)C(SC(C)C)=C(c2ccc(OCC)cc2)C1=O. The summed E-state index contributed by atoms with van der Waals surface area (Å²) in [5.74, 6) is 0.455. The standard InChI is InChI=1S/C21H29NO3S/c1-5-7-8-9-14-22-20(23)18(19(21(22)24)26-15(3)4)16-10-12-17(13-11-16)25-6-2/h10-13,15H,5-9,14H2,1-4H3. The molecule has 26 heavy (non-hydrogen) atoms. The second-order valence-corrected chi connectivity index (χ2v) is 8.24. The maximum atomic E-state index is 13.0. The summed E-state index contributed by atoms with van der Waals surface area (Å²) in [4.78, 5) is 27.9. The molecule has 2 amide bonds. The van der Waals surface area contributed by atoms with Crippen LogP contribution in [-0.4, -0.2) is 35.1 Å². The third kappa shape index (κ3) is 4.91. The average molecular weight is 376 g/mol. The van der Waals surface area contributed by atoms with Crippen LogP contribution >= 0.6 is 11.8 Å². The Kier molecular flexibility index (Phi) is 7.76.